The first-order chi connectivity index (χ1) is 9.13. The fourth-order valence-electron chi connectivity index (χ4n) is 1.32. The van der Waals surface area contributed by atoms with Crippen LogP contribution in [0.25, 0.3) is 0 Å². The highest BCUT2D eigenvalue weighted by Crippen LogP contribution is 2.17. The molecular formula is C13H19NO4S. The zero-order valence-electron chi connectivity index (χ0n) is 10.9. The van der Waals surface area contributed by atoms with Crippen LogP contribution in [0, 0.1) is 0 Å². The van der Waals surface area contributed by atoms with Gasteiger partial charge >= 0.3 is 5.97 Å². The third kappa shape index (κ3) is 6.56. The summed E-state index contributed by atoms with van der Waals surface area (Å²) in [5.74, 6) is -0.546. The van der Waals surface area contributed by atoms with E-state index in [0.717, 1.165) is 12.8 Å². The number of ether oxygens (including phenoxy) is 1. The molecule has 0 aliphatic carbocycles. The van der Waals surface area contributed by atoms with Crippen LogP contribution in [0.2, 0.25) is 0 Å². The van der Waals surface area contributed by atoms with Gasteiger partial charge in [-0.3, -0.25) is 0 Å². The molecule has 0 aromatic carbocycles. The van der Waals surface area contributed by atoms with Gasteiger partial charge in [-0.25, -0.2) is 9.78 Å². The maximum atomic E-state index is 10.8. The van der Waals surface area contributed by atoms with Gasteiger partial charge in [0.15, 0.2) is 0 Å². The molecule has 0 aliphatic rings. The van der Waals surface area contributed by atoms with Gasteiger partial charge in [-0.15, -0.1) is 11.8 Å². The molecule has 19 heavy (non-hydrogen) atoms. The summed E-state index contributed by atoms with van der Waals surface area (Å²) >= 11 is 1.32. The molecule has 1 atom stereocenters. The summed E-state index contributed by atoms with van der Waals surface area (Å²) in [6.07, 6.45) is 2.94. The molecule has 0 saturated carbocycles. The summed E-state index contributed by atoms with van der Waals surface area (Å²) < 4.78 is 5.31. The number of carboxylic acids is 1. The highest BCUT2D eigenvalue weighted by Gasteiger charge is 2.08. The summed E-state index contributed by atoms with van der Waals surface area (Å²) in [5.41, 5.74) is 0.200. The van der Waals surface area contributed by atoms with E-state index in [1.807, 2.05) is 0 Å². The Morgan fingerprint density at radius 3 is 3.05 bits per heavy atom. The molecule has 0 spiro atoms. The molecule has 106 valence electrons. The van der Waals surface area contributed by atoms with Gasteiger partial charge in [-0.1, -0.05) is 13.3 Å². The van der Waals surface area contributed by atoms with Crippen molar-refractivity contribution in [2.75, 3.05) is 19.0 Å². The minimum atomic E-state index is -0.979. The van der Waals surface area contributed by atoms with Crippen LogP contribution < -0.4 is 0 Å². The second-order valence-corrected chi connectivity index (χ2v) is 5.12. The molecule has 0 bridgehead atoms. The van der Waals surface area contributed by atoms with Crippen LogP contribution in [0.15, 0.2) is 23.4 Å². The lowest BCUT2D eigenvalue weighted by atomic mass is 10.3. The molecule has 0 saturated heterocycles. The zero-order valence-corrected chi connectivity index (χ0v) is 11.7. The van der Waals surface area contributed by atoms with Crippen molar-refractivity contribution in [1.29, 1.82) is 0 Å². The molecule has 1 aromatic heterocycles. The van der Waals surface area contributed by atoms with E-state index in [4.69, 9.17) is 9.84 Å². The van der Waals surface area contributed by atoms with Crippen LogP contribution in [0.1, 0.15) is 30.1 Å². The summed E-state index contributed by atoms with van der Waals surface area (Å²) in [4.78, 5) is 14.8. The molecule has 0 amide bonds. The van der Waals surface area contributed by atoms with Gasteiger partial charge in [-0.05, 0) is 18.6 Å². The fraction of sp³-hybridized carbons (Fsp3) is 0.538. The first-order valence-electron chi connectivity index (χ1n) is 6.21. The van der Waals surface area contributed by atoms with Gasteiger partial charge in [0.05, 0.1) is 23.3 Å². The Morgan fingerprint density at radius 1 is 1.58 bits per heavy atom. The van der Waals surface area contributed by atoms with Gasteiger partial charge < -0.3 is 14.9 Å². The molecule has 1 heterocycles. The summed E-state index contributed by atoms with van der Waals surface area (Å²) in [5, 5.41) is 19.1. The number of nitrogens with zero attached hydrogens (tertiary/aromatic N) is 1. The van der Waals surface area contributed by atoms with E-state index in [1.54, 1.807) is 0 Å². The Labute approximate surface area is 117 Å². The Bertz CT molecular complexity index is 400. The smallest absolute Gasteiger partial charge is 0.335 e. The summed E-state index contributed by atoms with van der Waals surface area (Å²) in [6, 6.07) is 2.94. The van der Waals surface area contributed by atoms with E-state index in [9.17, 15) is 9.90 Å². The second kappa shape index (κ2) is 8.90. The molecule has 1 aromatic rings. The SMILES string of the molecule is CCCCOCC(O)CSc1cc(C(=O)O)ccn1. The lowest BCUT2D eigenvalue weighted by molar-refractivity contribution is 0.0473. The van der Waals surface area contributed by atoms with Crippen molar-refractivity contribution in [2.45, 2.75) is 30.9 Å². The Morgan fingerprint density at radius 2 is 2.37 bits per heavy atom. The Kier molecular flexibility index (Phi) is 7.47. The zero-order chi connectivity index (χ0) is 14.1. The number of pyridine rings is 1. The van der Waals surface area contributed by atoms with Crippen LogP contribution in [-0.4, -0.2) is 46.2 Å². The van der Waals surface area contributed by atoms with E-state index in [-0.39, 0.29) is 5.56 Å². The summed E-state index contributed by atoms with van der Waals surface area (Å²) in [6.45, 7) is 3.04. The third-order valence-corrected chi connectivity index (χ3v) is 3.43. The standard InChI is InChI=1S/C13H19NO4S/c1-2-3-6-18-8-11(15)9-19-12-7-10(13(16)17)4-5-14-12/h4-5,7,11,15H,2-3,6,8-9H2,1H3,(H,16,17). The number of carboxylic acid groups (broad SMARTS) is 1. The van der Waals surface area contributed by atoms with Crippen molar-refractivity contribution in [3.8, 4) is 0 Å². The molecule has 2 N–H and O–H groups in total. The average Bonchev–Trinajstić information content (AvgIpc) is 2.41. The number of aliphatic hydroxyl groups excluding tert-OH is 1. The van der Waals surface area contributed by atoms with Crippen LogP contribution in [0.3, 0.4) is 0 Å². The minimum Gasteiger partial charge on any atom is -0.478 e. The average molecular weight is 285 g/mol. The van der Waals surface area contributed by atoms with Gasteiger partial charge in [0.1, 0.15) is 0 Å². The number of unbranched alkanes of at least 4 members (excludes halogenated alkanes) is 1. The molecule has 6 heteroatoms. The topological polar surface area (TPSA) is 79.7 Å². The molecule has 1 rings (SSSR count). The molecule has 1 unspecified atom stereocenters. The number of hydrogen-bond acceptors (Lipinski definition) is 5. The molecule has 0 radical (unpaired) electrons. The first-order valence-corrected chi connectivity index (χ1v) is 7.20. The van der Waals surface area contributed by atoms with Gasteiger partial charge in [0.2, 0.25) is 0 Å². The number of aliphatic hydroxyl groups is 1. The van der Waals surface area contributed by atoms with Crippen molar-refractivity contribution in [3.05, 3.63) is 23.9 Å². The van der Waals surface area contributed by atoms with Crippen LogP contribution >= 0.6 is 11.8 Å². The number of thioether (sulfide) groups is 1. The maximum absolute atomic E-state index is 10.8. The van der Waals surface area contributed by atoms with Crippen LogP contribution in [0.5, 0.6) is 0 Å². The van der Waals surface area contributed by atoms with Crippen molar-refractivity contribution in [1.82, 2.24) is 4.98 Å². The second-order valence-electron chi connectivity index (χ2n) is 4.08. The van der Waals surface area contributed by atoms with Crippen LogP contribution in [-0.2, 0) is 4.74 Å². The predicted molar refractivity (Wildman–Crippen MR) is 73.7 cm³/mol. The maximum Gasteiger partial charge on any atom is 0.335 e. The van der Waals surface area contributed by atoms with Crippen molar-refractivity contribution in [3.63, 3.8) is 0 Å². The molecule has 5 nitrogen and oxygen atoms in total. The molecular weight excluding hydrogens is 266 g/mol. The highest BCUT2D eigenvalue weighted by atomic mass is 32.2. The third-order valence-electron chi connectivity index (χ3n) is 2.36. The number of rotatable bonds is 9. The van der Waals surface area contributed by atoms with E-state index >= 15 is 0 Å². The largest absolute Gasteiger partial charge is 0.478 e. The van der Waals surface area contributed by atoms with E-state index in [0.29, 0.717) is 24.0 Å². The van der Waals surface area contributed by atoms with Crippen molar-refractivity contribution >= 4 is 17.7 Å². The van der Waals surface area contributed by atoms with Crippen molar-refractivity contribution < 1.29 is 19.7 Å². The van der Waals surface area contributed by atoms with Crippen LogP contribution in [0.4, 0.5) is 0 Å². The van der Waals surface area contributed by atoms with Gasteiger partial charge in [-0.2, -0.15) is 0 Å². The number of aromatic nitrogens is 1. The summed E-state index contributed by atoms with van der Waals surface area (Å²) in [7, 11) is 0. The normalized spacial score (nSPS) is 12.3. The Balaban J connectivity index is 2.31. The van der Waals surface area contributed by atoms with E-state index < -0.39 is 12.1 Å². The monoisotopic (exact) mass is 285 g/mol. The van der Waals surface area contributed by atoms with Gasteiger partial charge in [0, 0.05) is 18.6 Å². The minimum absolute atomic E-state index is 0.200. The number of carbonyl (C=O) groups is 1. The fourth-order valence-corrected chi connectivity index (χ4v) is 2.12. The number of aromatic carboxylic acids is 1. The first kappa shape index (κ1) is 15.9. The Hall–Kier alpha value is -1.11. The lowest BCUT2D eigenvalue weighted by Gasteiger charge is -2.10. The molecule has 0 aliphatic heterocycles. The van der Waals surface area contributed by atoms with Gasteiger partial charge in [0.25, 0.3) is 0 Å². The van der Waals surface area contributed by atoms with Crippen molar-refractivity contribution in [2.24, 2.45) is 0 Å². The number of hydrogen-bond donors (Lipinski definition) is 2. The molecule has 0 fully saturated rings. The lowest BCUT2D eigenvalue weighted by Crippen LogP contribution is -2.18. The van der Waals surface area contributed by atoms with E-state index in [1.165, 1.54) is 30.1 Å². The van der Waals surface area contributed by atoms with E-state index in [2.05, 4.69) is 11.9 Å². The highest BCUT2D eigenvalue weighted by molar-refractivity contribution is 7.99. The quantitative estimate of drug-likeness (QED) is 0.534. The predicted octanol–water partition coefficient (Wildman–Crippen LogP) is 2.05.